The van der Waals surface area contributed by atoms with Crippen molar-refractivity contribution in [1.29, 1.82) is 0 Å². The molecule has 22 heavy (non-hydrogen) atoms. The van der Waals surface area contributed by atoms with Crippen molar-refractivity contribution >= 4 is 18.3 Å². The Morgan fingerprint density at radius 3 is 2.45 bits per heavy atom. The normalized spacial score (nSPS) is 39.2. The summed E-state index contributed by atoms with van der Waals surface area (Å²) in [4.78, 5) is 0. The third-order valence-corrected chi connectivity index (χ3v) is 9.02. The molecule has 1 saturated heterocycles. The smallest absolute Gasteiger partial charge is 0.244 e. The van der Waals surface area contributed by atoms with Crippen molar-refractivity contribution in [3.63, 3.8) is 0 Å². The van der Waals surface area contributed by atoms with E-state index in [1.54, 1.807) is 4.31 Å². The van der Waals surface area contributed by atoms with Gasteiger partial charge in [-0.2, -0.15) is 0 Å². The monoisotopic (exact) mass is 343 g/mol. The van der Waals surface area contributed by atoms with Crippen LogP contribution < -0.4 is 0 Å². The van der Waals surface area contributed by atoms with Gasteiger partial charge in [-0.25, -0.2) is 12.7 Å². The van der Waals surface area contributed by atoms with E-state index in [0.717, 1.165) is 12.8 Å². The largest absolute Gasteiger partial charge is 0.532 e. The summed E-state index contributed by atoms with van der Waals surface area (Å²) in [7, 11) is -5.13. The van der Waals surface area contributed by atoms with Gasteiger partial charge in [0.15, 0.2) is 5.88 Å². The molecule has 2 bridgehead atoms. The zero-order chi connectivity index (χ0) is 16.6. The predicted octanol–water partition coefficient (Wildman–Crippen LogP) is 3.54. The molecule has 3 rings (SSSR count). The summed E-state index contributed by atoms with van der Waals surface area (Å²) in [6.45, 7) is 12.7. The van der Waals surface area contributed by atoms with Crippen LogP contribution in [0, 0.1) is 16.7 Å². The Morgan fingerprint density at radius 2 is 1.95 bits per heavy atom. The zero-order valence-electron chi connectivity index (χ0n) is 14.6. The van der Waals surface area contributed by atoms with E-state index in [4.69, 9.17) is 4.43 Å². The second kappa shape index (κ2) is 4.53. The Bertz CT molecular complexity index is 620. The number of nitrogens with zero attached hydrogens (tertiary/aromatic N) is 1. The van der Waals surface area contributed by atoms with Crippen molar-refractivity contribution in [3.05, 3.63) is 12.0 Å². The molecule has 1 heterocycles. The molecule has 0 amide bonds. The van der Waals surface area contributed by atoms with Crippen molar-refractivity contribution in [1.82, 2.24) is 4.31 Å². The molecule has 0 radical (unpaired) electrons. The lowest BCUT2D eigenvalue weighted by atomic mass is 9.69. The minimum absolute atomic E-state index is 0.0897. The van der Waals surface area contributed by atoms with Crippen molar-refractivity contribution in [2.24, 2.45) is 16.7 Å². The standard InChI is InChI=1S/C16H29NO3SSi/c1-7-14(20-22(4,5)6)17-13-10-12-8-9-16(13,15(12,2)3)11-21(17,18)19/h7,12-13H,8-11H2,1-6H3/b14-7-/t12-,13-,16-/m0/s1. The summed E-state index contributed by atoms with van der Waals surface area (Å²) in [6.07, 6.45) is 5.04. The van der Waals surface area contributed by atoms with Gasteiger partial charge in [0.25, 0.3) is 0 Å². The maximum absolute atomic E-state index is 13.0. The molecular weight excluding hydrogens is 314 g/mol. The maximum Gasteiger partial charge on any atom is 0.244 e. The molecule has 1 aliphatic heterocycles. The maximum atomic E-state index is 13.0. The van der Waals surface area contributed by atoms with Crippen LogP contribution in [0.4, 0.5) is 0 Å². The Morgan fingerprint density at radius 1 is 1.32 bits per heavy atom. The van der Waals surface area contributed by atoms with Crippen LogP contribution in [0.3, 0.4) is 0 Å². The van der Waals surface area contributed by atoms with Gasteiger partial charge < -0.3 is 4.43 Å². The van der Waals surface area contributed by atoms with E-state index < -0.39 is 18.3 Å². The van der Waals surface area contributed by atoms with Gasteiger partial charge >= 0.3 is 0 Å². The summed E-state index contributed by atoms with van der Waals surface area (Å²) in [6, 6.07) is 0.0915. The third kappa shape index (κ3) is 2.02. The SMILES string of the molecule is C/C=C(\O[Si](C)(C)C)N1[C@H]2C[C@@H]3CC[C@@]2(CS1(=O)=O)C3(C)C. The van der Waals surface area contributed by atoms with Gasteiger partial charge in [0.2, 0.25) is 18.3 Å². The van der Waals surface area contributed by atoms with Crippen LogP contribution in [0.15, 0.2) is 12.0 Å². The lowest BCUT2D eigenvalue weighted by Gasteiger charge is -2.38. The molecular formula is C16H29NO3SSi. The summed E-state index contributed by atoms with van der Waals surface area (Å²) < 4.78 is 33.7. The fraction of sp³-hybridized carbons (Fsp3) is 0.875. The molecule has 2 saturated carbocycles. The summed E-state index contributed by atoms with van der Waals surface area (Å²) >= 11 is 0. The quantitative estimate of drug-likeness (QED) is 0.582. The molecule has 3 aliphatic rings. The first-order chi connectivity index (χ1) is 9.95. The van der Waals surface area contributed by atoms with Gasteiger partial charge in [-0.05, 0) is 63.2 Å². The van der Waals surface area contributed by atoms with Crippen LogP contribution in [0.25, 0.3) is 0 Å². The Hall–Kier alpha value is -0.493. The first kappa shape index (κ1) is 16.4. The van der Waals surface area contributed by atoms with E-state index in [1.807, 2.05) is 13.0 Å². The first-order valence-electron chi connectivity index (χ1n) is 8.32. The zero-order valence-corrected chi connectivity index (χ0v) is 16.5. The average molecular weight is 344 g/mol. The van der Waals surface area contributed by atoms with E-state index in [0.29, 0.717) is 17.6 Å². The van der Waals surface area contributed by atoms with Crippen molar-refractivity contribution in [2.75, 3.05) is 5.75 Å². The molecule has 2 aliphatic carbocycles. The fourth-order valence-electron chi connectivity index (χ4n) is 5.12. The molecule has 0 unspecified atom stereocenters. The molecule has 6 heteroatoms. The highest BCUT2D eigenvalue weighted by Crippen LogP contribution is 2.70. The van der Waals surface area contributed by atoms with Crippen LogP contribution in [0.1, 0.15) is 40.0 Å². The number of sulfonamides is 1. The Kier molecular flexibility index (Phi) is 3.37. The van der Waals surface area contributed by atoms with E-state index in [1.165, 1.54) is 6.42 Å². The predicted molar refractivity (Wildman–Crippen MR) is 91.2 cm³/mol. The van der Waals surface area contributed by atoms with Crippen LogP contribution in [-0.2, 0) is 14.4 Å². The minimum atomic E-state index is -3.28. The van der Waals surface area contributed by atoms with Crippen LogP contribution in [0.5, 0.6) is 0 Å². The second-order valence-electron chi connectivity index (χ2n) is 8.76. The summed E-state index contributed by atoms with van der Waals surface area (Å²) in [5.41, 5.74) is 0.0189. The van der Waals surface area contributed by atoms with Crippen molar-refractivity contribution < 1.29 is 12.8 Å². The van der Waals surface area contributed by atoms with Gasteiger partial charge in [0.05, 0.1) is 11.8 Å². The van der Waals surface area contributed by atoms with Gasteiger partial charge in [-0.3, -0.25) is 0 Å². The van der Waals surface area contributed by atoms with E-state index >= 15 is 0 Å². The highest BCUT2D eigenvalue weighted by atomic mass is 32.2. The van der Waals surface area contributed by atoms with E-state index in [2.05, 4.69) is 33.5 Å². The van der Waals surface area contributed by atoms with E-state index in [-0.39, 0.29) is 16.9 Å². The topological polar surface area (TPSA) is 46.6 Å². The van der Waals surface area contributed by atoms with Crippen molar-refractivity contribution in [3.8, 4) is 0 Å². The molecule has 126 valence electrons. The number of fused-ring (bicyclic) bond motifs is 1. The molecule has 1 spiro atoms. The number of allylic oxidation sites excluding steroid dienone is 1. The summed E-state index contributed by atoms with van der Waals surface area (Å²) in [5, 5.41) is 0. The average Bonchev–Trinajstić information content (AvgIpc) is 2.81. The van der Waals surface area contributed by atoms with Gasteiger partial charge in [0, 0.05) is 5.41 Å². The van der Waals surface area contributed by atoms with Gasteiger partial charge in [-0.1, -0.05) is 13.8 Å². The number of hydrogen-bond donors (Lipinski definition) is 0. The summed E-state index contributed by atoms with van der Waals surface area (Å²) in [5.74, 6) is 1.51. The van der Waals surface area contributed by atoms with Crippen LogP contribution in [0.2, 0.25) is 19.6 Å². The molecule has 4 nitrogen and oxygen atoms in total. The highest BCUT2D eigenvalue weighted by molar-refractivity contribution is 7.89. The molecule has 0 aromatic rings. The van der Waals surface area contributed by atoms with E-state index in [9.17, 15) is 8.42 Å². The minimum Gasteiger partial charge on any atom is -0.532 e. The lowest BCUT2D eigenvalue weighted by Crippen LogP contribution is -2.43. The Balaban J connectivity index is 2.03. The molecule has 3 fully saturated rings. The number of rotatable bonds is 3. The molecule has 0 aromatic carbocycles. The molecule has 0 N–H and O–H groups in total. The van der Waals surface area contributed by atoms with Crippen LogP contribution in [-0.4, -0.2) is 32.8 Å². The second-order valence-corrected chi connectivity index (χ2v) is 15.0. The van der Waals surface area contributed by atoms with Crippen LogP contribution >= 0.6 is 0 Å². The highest BCUT2D eigenvalue weighted by Gasteiger charge is 2.72. The lowest BCUT2D eigenvalue weighted by molar-refractivity contribution is 0.109. The van der Waals surface area contributed by atoms with Gasteiger partial charge in [0.1, 0.15) is 0 Å². The Labute approximate surface area is 136 Å². The van der Waals surface area contributed by atoms with Gasteiger partial charge in [-0.15, -0.1) is 0 Å². The van der Waals surface area contributed by atoms with Crippen molar-refractivity contribution in [2.45, 2.75) is 65.7 Å². The third-order valence-electron chi connectivity index (χ3n) is 6.29. The fourth-order valence-corrected chi connectivity index (χ4v) is 8.62. The number of hydrogen-bond acceptors (Lipinski definition) is 3. The first-order valence-corrected chi connectivity index (χ1v) is 13.3. The molecule has 0 aromatic heterocycles. The molecule has 3 atom stereocenters.